The van der Waals surface area contributed by atoms with Gasteiger partial charge in [0.15, 0.2) is 5.82 Å². The monoisotopic (exact) mass is 264 g/mol. The molecule has 1 N–H and O–H groups in total. The summed E-state index contributed by atoms with van der Waals surface area (Å²) >= 11 is 5.08. The number of halogens is 1. The molecule has 0 bridgehead atoms. The maximum atomic E-state index is 13.4. The molecule has 0 saturated heterocycles. The normalized spacial score (nSPS) is 11.6. The van der Waals surface area contributed by atoms with Gasteiger partial charge in [0.1, 0.15) is 5.82 Å². The van der Waals surface area contributed by atoms with E-state index in [1.165, 1.54) is 17.0 Å². The number of H-pyrrole nitrogens is 1. The van der Waals surface area contributed by atoms with Gasteiger partial charge in [-0.3, -0.25) is 5.10 Å². The highest BCUT2D eigenvalue weighted by atomic mass is 32.1. The summed E-state index contributed by atoms with van der Waals surface area (Å²) in [6, 6.07) is 6.43. The zero-order valence-corrected chi connectivity index (χ0v) is 10.9. The molecule has 94 valence electrons. The van der Waals surface area contributed by atoms with Gasteiger partial charge < -0.3 is 0 Å². The fourth-order valence-electron chi connectivity index (χ4n) is 1.49. The molecule has 0 aliphatic carbocycles. The number of aromatic amines is 1. The molecule has 2 rings (SSSR count). The van der Waals surface area contributed by atoms with Crippen LogP contribution < -0.4 is 0 Å². The summed E-state index contributed by atoms with van der Waals surface area (Å²) < 4.78 is 15.3. The SMILES string of the molecule is CC(C)c1n[nH]c(=S)n1/N=C\c1ccccc1F. The van der Waals surface area contributed by atoms with E-state index in [2.05, 4.69) is 15.3 Å². The molecular weight excluding hydrogens is 251 g/mol. The molecule has 1 heterocycles. The minimum Gasteiger partial charge on any atom is -0.250 e. The maximum Gasteiger partial charge on any atom is 0.216 e. The molecule has 0 saturated carbocycles. The first kappa shape index (κ1) is 12.6. The van der Waals surface area contributed by atoms with Crippen LogP contribution in [0.25, 0.3) is 0 Å². The number of hydrogen-bond acceptors (Lipinski definition) is 3. The third-order valence-corrected chi connectivity index (χ3v) is 2.67. The number of aromatic nitrogens is 3. The summed E-state index contributed by atoms with van der Waals surface area (Å²) in [6.07, 6.45) is 1.44. The summed E-state index contributed by atoms with van der Waals surface area (Å²) in [5.74, 6) is 0.575. The summed E-state index contributed by atoms with van der Waals surface area (Å²) in [6.45, 7) is 3.97. The molecule has 0 aliphatic heterocycles. The van der Waals surface area contributed by atoms with Crippen LogP contribution in [-0.4, -0.2) is 21.1 Å². The van der Waals surface area contributed by atoms with Crippen molar-refractivity contribution in [1.29, 1.82) is 0 Å². The van der Waals surface area contributed by atoms with E-state index >= 15 is 0 Å². The second kappa shape index (κ2) is 5.22. The Bertz CT molecular complexity index is 627. The van der Waals surface area contributed by atoms with Gasteiger partial charge in [0.2, 0.25) is 4.77 Å². The second-order valence-electron chi connectivity index (χ2n) is 4.12. The van der Waals surface area contributed by atoms with E-state index in [-0.39, 0.29) is 11.7 Å². The lowest BCUT2D eigenvalue weighted by molar-refractivity contribution is 0.625. The topological polar surface area (TPSA) is 46.0 Å². The molecule has 1 aromatic heterocycles. The Balaban J connectivity index is 2.38. The standard InChI is InChI=1S/C12H13FN4S/c1-8(2)11-15-16-12(18)17(11)14-7-9-5-3-4-6-10(9)13/h3-8H,1-2H3,(H,16,18)/b14-7-. The fourth-order valence-corrected chi connectivity index (χ4v) is 1.68. The second-order valence-corrected chi connectivity index (χ2v) is 4.51. The average Bonchev–Trinajstić information content (AvgIpc) is 2.70. The van der Waals surface area contributed by atoms with Crippen LogP contribution in [0.2, 0.25) is 0 Å². The van der Waals surface area contributed by atoms with E-state index in [0.29, 0.717) is 16.2 Å². The van der Waals surface area contributed by atoms with E-state index < -0.39 is 0 Å². The lowest BCUT2D eigenvalue weighted by Crippen LogP contribution is -2.01. The van der Waals surface area contributed by atoms with Crippen molar-refractivity contribution in [2.24, 2.45) is 5.10 Å². The van der Waals surface area contributed by atoms with Crippen LogP contribution in [-0.2, 0) is 0 Å². The maximum absolute atomic E-state index is 13.4. The van der Waals surface area contributed by atoms with E-state index in [4.69, 9.17) is 12.2 Å². The molecule has 0 fully saturated rings. The highest BCUT2D eigenvalue weighted by Crippen LogP contribution is 2.11. The van der Waals surface area contributed by atoms with E-state index in [1.54, 1.807) is 18.2 Å². The zero-order valence-electron chi connectivity index (χ0n) is 10.1. The average molecular weight is 264 g/mol. The Hall–Kier alpha value is -1.82. The van der Waals surface area contributed by atoms with Gasteiger partial charge >= 0.3 is 0 Å². The summed E-state index contributed by atoms with van der Waals surface area (Å²) in [4.78, 5) is 0. The van der Waals surface area contributed by atoms with E-state index in [9.17, 15) is 4.39 Å². The van der Waals surface area contributed by atoms with E-state index in [1.807, 2.05) is 13.8 Å². The van der Waals surface area contributed by atoms with Crippen LogP contribution in [0, 0.1) is 10.6 Å². The molecule has 0 atom stereocenters. The van der Waals surface area contributed by atoms with Crippen LogP contribution in [0.15, 0.2) is 29.4 Å². The molecule has 0 amide bonds. The van der Waals surface area contributed by atoms with Crippen molar-refractivity contribution in [2.45, 2.75) is 19.8 Å². The number of hydrogen-bond donors (Lipinski definition) is 1. The molecule has 0 aliphatic rings. The third-order valence-electron chi connectivity index (χ3n) is 2.41. The van der Waals surface area contributed by atoms with Crippen molar-refractivity contribution < 1.29 is 4.39 Å². The summed E-state index contributed by atoms with van der Waals surface area (Å²) in [5, 5.41) is 10.9. The van der Waals surface area contributed by atoms with Gasteiger partial charge in [-0.15, -0.1) is 0 Å². The van der Waals surface area contributed by atoms with Gasteiger partial charge in [0, 0.05) is 11.5 Å². The minimum absolute atomic E-state index is 0.177. The molecule has 2 aromatic rings. The first-order chi connectivity index (χ1) is 8.59. The lowest BCUT2D eigenvalue weighted by atomic mass is 10.2. The van der Waals surface area contributed by atoms with Crippen molar-refractivity contribution in [3.63, 3.8) is 0 Å². The van der Waals surface area contributed by atoms with Crippen molar-refractivity contribution in [3.8, 4) is 0 Å². The third kappa shape index (κ3) is 2.53. The fraction of sp³-hybridized carbons (Fsp3) is 0.250. The highest BCUT2D eigenvalue weighted by Gasteiger charge is 2.08. The Morgan fingerprint density at radius 1 is 1.44 bits per heavy atom. The van der Waals surface area contributed by atoms with Crippen LogP contribution >= 0.6 is 12.2 Å². The van der Waals surface area contributed by atoms with Crippen LogP contribution in [0.4, 0.5) is 4.39 Å². The van der Waals surface area contributed by atoms with Crippen LogP contribution in [0.1, 0.15) is 31.2 Å². The first-order valence-electron chi connectivity index (χ1n) is 5.56. The quantitative estimate of drug-likeness (QED) is 0.684. The minimum atomic E-state index is -0.317. The molecule has 0 unspecified atom stereocenters. The van der Waals surface area contributed by atoms with Crippen LogP contribution in [0.5, 0.6) is 0 Å². The highest BCUT2D eigenvalue weighted by molar-refractivity contribution is 7.71. The van der Waals surface area contributed by atoms with E-state index in [0.717, 1.165) is 0 Å². The Morgan fingerprint density at radius 2 is 2.17 bits per heavy atom. The Morgan fingerprint density at radius 3 is 2.83 bits per heavy atom. The summed E-state index contributed by atoms with van der Waals surface area (Å²) in [5.41, 5.74) is 0.412. The lowest BCUT2D eigenvalue weighted by Gasteiger charge is -2.02. The van der Waals surface area contributed by atoms with Crippen molar-refractivity contribution in [2.75, 3.05) is 0 Å². The van der Waals surface area contributed by atoms with Crippen molar-refractivity contribution in [3.05, 3.63) is 46.2 Å². The molecule has 1 aromatic carbocycles. The predicted octanol–water partition coefficient (Wildman–Crippen LogP) is 3.09. The predicted molar refractivity (Wildman–Crippen MR) is 70.9 cm³/mol. The molecule has 6 heteroatoms. The first-order valence-corrected chi connectivity index (χ1v) is 5.96. The number of benzene rings is 1. The van der Waals surface area contributed by atoms with Crippen molar-refractivity contribution in [1.82, 2.24) is 14.9 Å². The molecule has 18 heavy (non-hydrogen) atoms. The van der Waals surface area contributed by atoms with Gasteiger partial charge in [0.25, 0.3) is 0 Å². The number of rotatable bonds is 3. The molecule has 4 nitrogen and oxygen atoms in total. The zero-order chi connectivity index (χ0) is 13.1. The van der Waals surface area contributed by atoms with Gasteiger partial charge in [-0.1, -0.05) is 32.0 Å². The van der Waals surface area contributed by atoms with Crippen molar-refractivity contribution >= 4 is 18.4 Å². The van der Waals surface area contributed by atoms with Gasteiger partial charge in [-0.25, -0.2) is 4.39 Å². The van der Waals surface area contributed by atoms with Gasteiger partial charge in [-0.2, -0.15) is 14.9 Å². The molecule has 0 radical (unpaired) electrons. The smallest absolute Gasteiger partial charge is 0.216 e. The summed E-state index contributed by atoms with van der Waals surface area (Å²) in [7, 11) is 0. The van der Waals surface area contributed by atoms with Gasteiger partial charge in [0.05, 0.1) is 6.21 Å². The molecular formula is C12H13FN4S. The number of nitrogens with one attached hydrogen (secondary N) is 1. The van der Waals surface area contributed by atoms with Crippen LogP contribution in [0.3, 0.4) is 0 Å². The number of nitrogens with zero attached hydrogens (tertiary/aromatic N) is 3. The Kier molecular flexibility index (Phi) is 3.66. The largest absolute Gasteiger partial charge is 0.250 e. The Labute approximate surface area is 109 Å². The molecule has 0 spiro atoms. The van der Waals surface area contributed by atoms with Gasteiger partial charge in [-0.05, 0) is 18.3 Å².